The second-order valence-corrected chi connectivity index (χ2v) is 6.56. The van der Waals surface area contributed by atoms with E-state index >= 15 is 0 Å². The van der Waals surface area contributed by atoms with Gasteiger partial charge in [-0.05, 0) is 17.0 Å². The molecule has 1 atom stereocenters. The number of amides is 2. The zero-order valence-electron chi connectivity index (χ0n) is 14.2. The summed E-state index contributed by atoms with van der Waals surface area (Å²) < 4.78 is 5.11. The van der Waals surface area contributed by atoms with Gasteiger partial charge in [0, 0.05) is 33.2 Å². The molecule has 0 bridgehead atoms. The van der Waals surface area contributed by atoms with Crippen LogP contribution in [0.25, 0.3) is 0 Å². The molecule has 0 radical (unpaired) electrons. The highest BCUT2D eigenvalue weighted by atomic mass is 16.5. The topological polar surface area (TPSA) is 58.6 Å². The van der Waals surface area contributed by atoms with E-state index in [0.717, 1.165) is 17.7 Å². The van der Waals surface area contributed by atoms with E-state index in [1.54, 1.807) is 12.0 Å². The first-order valence-corrected chi connectivity index (χ1v) is 8.11. The number of nitrogens with zero attached hydrogens (tertiary/aromatic N) is 1. The first-order valence-electron chi connectivity index (χ1n) is 8.11. The molecule has 5 heteroatoms. The molecule has 126 valence electrons. The highest BCUT2D eigenvalue weighted by Crippen LogP contribution is 2.19. The van der Waals surface area contributed by atoms with Crippen molar-refractivity contribution in [1.82, 2.24) is 10.2 Å². The van der Waals surface area contributed by atoms with E-state index in [2.05, 4.69) is 19.2 Å². The van der Waals surface area contributed by atoms with Crippen molar-refractivity contribution in [3.63, 3.8) is 0 Å². The first-order chi connectivity index (χ1) is 11.0. The van der Waals surface area contributed by atoms with Gasteiger partial charge in [0.25, 0.3) is 0 Å². The second-order valence-electron chi connectivity index (χ2n) is 6.56. The molecular weight excluding hydrogens is 292 g/mol. The van der Waals surface area contributed by atoms with Gasteiger partial charge in [-0.15, -0.1) is 0 Å². The largest absolute Gasteiger partial charge is 0.380 e. The maximum Gasteiger partial charge on any atom is 0.225 e. The van der Waals surface area contributed by atoms with Gasteiger partial charge in [-0.2, -0.15) is 0 Å². The Morgan fingerprint density at radius 1 is 1.39 bits per heavy atom. The number of carbonyl (C=O) groups excluding carboxylic acids is 2. The van der Waals surface area contributed by atoms with E-state index in [0.29, 0.717) is 32.0 Å². The Morgan fingerprint density at radius 2 is 2.13 bits per heavy atom. The molecule has 1 N–H and O–H groups in total. The Labute approximate surface area is 138 Å². The second kappa shape index (κ2) is 8.11. The predicted octanol–water partition coefficient (Wildman–Crippen LogP) is 1.95. The third kappa shape index (κ3) is 5.06. The molecule has 1 aromatic carbocycles. The van der Waals surface area contributed by atoms with Crippen LogP contribution in [0.5, 0.6) is 0 Å². The zero-order valence-corrected chi connectivity index (χ0v) is 14.2. The first kappa shape index (κ1) is 17.5. The lowest BCUT2D eigenvalue weighted by Crippen LogP contribution is -2.33. The summed E-state index contributed by atoms with van der Waals surface area (Å²) in [6.45, 7) is 6.45. The number of methoxy groups -OCH3 is 1. The molecular formula is C18H26N2O3. The molecule has 1 heterocycles. The molecule has 5 nitrogen and oxygen atoms in total. The number of hydrogen-bond acceptors (Lipinski definition) is 3. The summed E-state index contributed by atoms with van der Waals surface area (Å²) in [6.07, 6.45) is 0.322. The molecule has 1 aliphatic rings. The van der Waals surface area contributed by atoms with Crippen molar-refractivity contribution < 1.29 is 14.3 Å². The van der Waals surface area contributed by atoms with E-state index in [-0.39, 0.29) is 17.7 Å². The minimum Gasteiger partial charge on any atom is -0.380 e. The lowest BCUT2D eigenvalue weighted by molar-refractivity contribution is -0.129. The monoisotopic (exact) mass is 318 g/mol. The van der Waals surface area contributed by atoms with Gasteiger partial charge in [0.1, 0.15) is 0 Å². The number of nitrogens with one attached hydrogen (secondary N) is 1. The van der Waals surface area contributed by atoms with Gasteiger partial charge < -0.3 is 15.0 Å². The third-order valence-corrected chi connectivity index (χ3v) is 3.94. The molecule has 1 aromatic rings. The van der Waals surface area contributed by atoms with Crippen molar-refractivity contribution in [2.45, 2.75) is 33.4 Å². The van der Waals surface area contributed by atoms with Gasteiger partial charge in [0.05, 0.1) is 12.5 Å². The number of likely N-dealkylation sites (tertiary alicyclic amines) is 1. The van der Waals surface area contributed by atoms with Crippen molar-refractivity contribution >= 4 is 11.8 Å². The van der Waals surface area contributed by atoms with Crippen molar-refractivity contribution in [2.75, 3.05) is 20.2 Å². The van der Waals surface area contributed by atoms with Gasteiger partial charge in [-0.3, -0.25) is 9.59 Å². The zero-order chi connectivity index (χ0) is 16.8. The lowest BCUT2D eigenvalue weighted by atomic mass is 10.1. The van der Waals surface area contributed by atoms with E-state index < -0.39 is 0 Å². The van der Waals surface area contributed by atoms with E-state index in [1.165, 1.54) is 0 Å². The highest BCUT2D eigenvalue weighted by molar-refractivity contribution is 5.89. The average Bonchev–Trinajstić information content (AvgIpc) is 2.86. The number of carbonyl (C=O) groups is 2. The smallest absolute Gasteiger partial charge is 0.225 e. The fourth-order valence-corrected chi connectivity index (χ4v) is 2.89. The van der Waals surface area contributed by atoms with Gasteiger partial charge in [-0.25, -0.2) is 0 Å². The fraction of sp³-hybridized carbons (Fsp3) is 0.556. The number of rotatable bonds is 7. The molecule has 0 spiro atoms. The van der Waals surface area contributed by atoms with Crippen LogP contribution in [0.4, 0.5) is 0 Å². The van der Waals surface area contributed by atoms with Crippen LogP contribution in [0.15, 0.2) is 24.3 Å². The molecule has 0 saturated carbocycles. The molecule has 0 aliphatic carbocycles. The highest BCUT2D eigenvalue weighted by Gasteiger charge is 2.34. The van der Waals surface area contributed by atoms with Crippen LogP contribution in [-0.4, -0.2) is 36.9 Å². The molecule has 1 saturated heterocycles. The van der Waals surface area contributed by atoms with Gasteiger partial charge in [0.2, 0.25) is 11.8 Å². The Kier molecular flexibility index (Phi) is 6.16. The third-order valence-electron chi connectivity index (χ3n) is 3.94. The molecule has 0 aromatic heterocycles. The summed E-state index contributed by atoms with van der Waals surface area (Å²) in [4.78, 5) is 26.0. The number of benzene rings is 1. The Hall–Kier alpha value is -1.88. The lowest BCUT2D eigenvalue weighted by Gasteiger charge is -2.18. The molecule has 2 rings (SSSR count). The maximum atomic E-state index is 12.3. The van der Waals surface area contributed by atoms with Crippen LogP contribution in [0.1, 0.15) is 31.4 Å². The van der Waals surface area contributed by atoms with Crippen molar-refractivity contribution in [3.05, 3.63) is 35.4 Å². The van der Waals surface area contributed by atoms with E-state index in [4.69, 9.17) is 4.74 Å². The Bertz CT molecular complexity index is 557. The summed E-state index contributed by atoms with van der Waals surface area (Å²) in [5.41, 5.74) is 2.12. The SMILES string of the molecule is COCc1cccc(CNC(=O)C2CC(=O)N(CC(C)C)C2)c1. The Morgan fingerprint density at radius 3 is 2.83 bits per heavy atom. The molecule has 1 aliphatic heterocycles. The summed E-state index contributed by atoms with van der Waals surface area (Å²) in [5.74, 6) is 0.232. The van der Waals surface area contributed by atoms with Gasteiger partial charge >= 0.3 is 0 Å². The quantitative estimate of drug-likeness (QED) is 0.836. The van der Waals surface area contributed by atoms with Crippen LogP contribution in [-0.2, 0) is 27.5 Å². The summed E-state index contributed by atoms with van der Waals surface area (Å²) in [6, 6.07) is 7.95. The van der Waals surface area contributed by atoms with Crippen molar-refractivity contribution in [1.29, 1.82) is 0 Å². The molecule has 23 heavy (non-hydrogen) atoms. The van der Waals surface area contributed by atoms with E-state index in [1.807, 2.05) is 24.3 Å². The normalized spacial score (nSPS) is 17.8. The summed E-state index contributed by atoms with van der Waals surface area (Å²) in [5, 5.41) is 2.95. The molecule has 1 unspecified atom stereocenters. The fourth-order valence-electron chi connectivity index (χ4n) is 2.89. The average molecular weight is 318 g/mol. The van der Waals surface area contributed by atoms with Crippen molar-refractivity contribution in [2.24, 2.45) is 11.8 Å². The van der Waals surface area contributed by atoms with Crippen LogP contribution in [0.2, 0.25) is 0 Å². The maximum absolute atomic E-state index is 12.3. The summed E-state index contributed by atoms with van der Waals surface area (Å²) >= 11 is 0. The number of hydrogen-bond donors (Lipinski definition) is 1. The van der Waals surface area contributed by atoms with Crippen LogP contribution in [0.3, 0.4) is 0 Å². The molecule has 1 fully saturated rings. The van der Waals surface area contributed by atoms with Crippen LogP contribution in [0, 0.1) is 11.8 Å². The summed E-state index contributed by atoms with van der Waals surface area (Å²) in [7, 11) is 1.66. The minimum absolute atomic E-state index is 0.0400. The Balaban J connectivity index is 1.85. The predicted molar refractivity (Wildman–Crippen MR) is 88.5 cm³/mol. The molecule has 2 amide bonds. The number of ether oxygens (including phenoxy) is 1. The minimum atomic E-state index is -0.233. The van der Waals surface area contributed by atoms with Gasteiger partial charge in [-0.1, -0.05) is 38.1 Å². The van der Waals surface area contributed by atoms with Crippen molar-refractivity contribution in [3.8, 4) is 0 Å². The van der Waals surface area contributed by atoms with Crippen LogP contribution >= 0.6 is 0 Å². The van der Waals surface area contributed by atoms with Gasteiger partial charge in [0.15, 0.2) is 0 Å². The standard InChI is InChI=1S/C18H26N2O3/c1-13(2)10-20-11-16(8-17(20)21)18(22)19-9-14-5-4-6-15(7-14)12-23-3/h4-7,13,16H,8-12H2,1-3H3,(H,19,22). The van der Waals surface area contributed by atoms with Crippen LogP contribution < -0.4 is 5.32 Å². The van der Waals surface area contributed by atoms with E-state index in [9.17, 15) is 9.59 Å².